The smallest absolute Gasteiger partial charge is 0.311 e. The largest absolute Gasteiger partial charge is 0.469 e. The maximum absolute atomic E-state index is 12.1. The van der Waals surface area contributed by atoms with Crippen LogP contribution in [-0.4, -0.2) is 25.2 Å². The lowest BCUT2D eigenvalue weighted by Gasteiger charge is -2.23. The summed E-state index contributed by atoms with van der Waals surface area (Å²) in [6.45, 7) is 12.6. The van der Waals surface area contributed by atoms with Gasteiger partial charge in [0.05, 0.1) is 30.1 Å². The average Bonchev–Trinajstić information content (AvgIpc) is 2.95. The van der Waals surface area contributed by atoms with Crippen LogP contribution in [0, 0.1) is 34.0 Å². The summed E-state index contributed by atoms with van der Waals surface area (Å²) in [5.74, 6) is -1.46. The highest BCUT2D eigenvalue weighted by Crippen LogP contribution is 2.62. The van der Waals surface area contributed by atoms with E-state index in [0.29, 0.717) is 0 Å². The monoisotopic (exact) mass is 293 g/mol. The van der Waals surface area contributed by atoms with Crippen molar-refractivity contribution in [2.75, 3.05) is 7.11 Å². The zero-order valence-corrected chi connectivity index (χ0v) is 13.5. The molecule has 0 aromatic carbocycles. The van der Waals surface area contributed by atoms with Gasteiger partial charge in [0.1, 0.15) is 6.10 Å². The molecule has 1 fully saturated rings. The third-order valence-electron chi connectivity index (χ3n) is 4.03. The minimum atomic E-state index is -0.791. The molecular formula is C16H23NO4. The number of carbonyl (C=O) groups excluding carboxylic acids is 2. The maximum atomic E-state index is 12.1. The van der Waals surface area contributed by atoms with Gasteiger partial charge in [-0.25, -0.2) is 0 Å². The first kappa shape index (κ1) is 17.2. The van der Waals surface area contributed by atoms with Crippen molar-refractivity contribution in [2.45, 2.75) is 40.7 Å². The summed E-state index contributed by atoms with van der Waals surface area (Å²) in [5.41, 5.74) is -0.930. The number of hydrogen-bond acceptors (Lipinski definition) is 5. The molecule has 0 N–H and O–H groups in total. The molecule has 0 amide bonds. The molecule has 0 bridgehead atoms. The molecule has 116 valence electrons. The fourth-order valence-electron chi connectivity index (χ4n) is 2.54. The molecule has 3 atom stereocenters. The fourth-order valence-corrected chi connectivity index (χ4v) is 2.54. The van der Waals surface area contributed by atoms with Crippen LogP contribution in [0.15, 0.2) is 12.2 Å². The van der Waals surface area contributed by atoms with Crippen LogP contribution in [0.4, 0.5) is 0 Å². The van der Waals surface area contributed by atoms with Crippen LogP contribution in [0.3, 0.4) is 0 Å². The second kappa shape index (κ2) is 5.51. The first-order valence-electron chi connectivity index (χ1n) is 6.86. The highest BCUT2D eigenvalue weighted by molar-refractivity contribution is 5.79. The lowest BCUT2D eigenvalue weighted by atomic mass is 9.96. The number of carbonyl (C=O) groups is 2. The van der Waals surface area contributed by atoms with Crippen molar-refractivity contribution in [3.63, 3.8) is 0 Å². The second-order valence-corrected chi connectivity index (χ2v) is 7.06. The van der Waals surface area contributed by atoms with Crippen LogP contribution in [0.25, 0.3) is 0 Å². The number of nitrogens with zero attached hydrogens (tertiary/aromatic N) is 1. The molecule has 1 aliphatic carbocycles. The standard InChI is InChI=1S/C16H23NO4/c1-9(8-17)12(21-14(19)15(2,3)4)10-11(13(18)20-7)16(10,5)6/h10-12H,1H2,2-7H3/t10-,11-,12?/m0/s1. The predicted octanol–water partition coefficient (Wildman–Crippen LogP) is 2.47. The average molecular weight is 293 g/mol. The van der Waals surface area contributed by atoms with Gasteiger partial charge in [0.15, 0.2) is 0 Å². The van der Waals surface area contributed by atoms with Gasteiger partial charge >= 0.3 is 11.9 Å². The van der Waals surface area contributed by atoms with E-state index in [2.05, 4.69) is 6.58 Å². The van der Waals surface area contributed by atoms with Crippen molar-refractivity contribution in [1.29, 1.82) is 5.26 Å². The number of hydrogen-bond donors (Lipinski definition) is 0. The van der Waals surface area contributed by atoms with Crippen molar-refractivity contribution in [2.24, 2.45) is 22.7 Å². The molecule has 0 saturated heterocycles. The molecule has 0 aliphatic heterocycles. The molecule has 1 unspecified atom stereocenters. The molecule has 0 aromatic heterocycles. The van der Waals surface area contributed by atoms with Gasteiger partial charge in [-0.15, -0.1) is 0 Å². The second-order valence-electron chi connectivity index (χ2n) is 7.06. The van der Waals surface area contributed by atoms with Crippen molar-refractivity contribution < 1.29 is 19.1 Å². The molecule has 5 nitrogen and oxygen atoms in total. The lowest BCUT2D eigenvalue weighted by molar-refractivity contribution is -0.158. The van der Waals surface area contributed by atoms with Crippen LogP contribution in [0.5, 0.6) is 0 Å². The Bertz CT molecular complexity index is 507. The molecule has 5 heteroatoms. The van der Waals surface area contributed by atoms with E-state index < -0.39 is 28.8 Å². The zero-order chi connectivity index (χ0) is 16.6. The van der Waals surface area contributed by atoms with Crippen LogP contribution in [0.1, 0.15) is 34.6 Å². The molecule has 1 saturated carbocycles. The van der Waals surface area contributed by atoms with Gasteiger partial charge in [0.2, 0.25) is 0 Å². The van der Waals surface area contributed by atoms with Gasteiger partial charge in [0, 0.05) is 5.92 Å². The molecule has 0 radical (unpaired) electrons. The Morgan fingerprint density at radius 2 is 1.86 bits per heavy atom. The summed E-state index contributed by atoms with van der Waals surface area (Å²) < 4.78 is 10.3. The van der Waals surface area contributed by atoms with Crippen LogP contribution < -0.4 is 0 Å². The highest BCUT2D eigenvalue weighted by atomic mass is 16.5. The number of esters is 2. The number of nitriles is 1. The summed E-state index contributed by atoms with van der Waals surface area (Å²) in [7, 11) is 1.32. The fraction of sp³-hybridized carbons (Fsp3) is 0.688. The van der Waals surface area contributed by atoms with Gasteiger partial charge in [-0.1, -0.05) is 20.4 Å². The highest BCUT2D eigenvalue weighted by Gasteiger charge is 2.67. The Hall–Kier alpha value is -1.83. The number of ether oxygens (including phenoxy) is 2. The molecule has 1 aliphatic rings. The van der Waals surface area contributed by atoms with Gasteiger partial charge in [-0.2, -0.15) is 5.26 Å². The first-order valence-corrected chi connectivity index (χ1v) is 6.86. The predicted molar refractivity (Wildman–Crippen MR) is 76.9 cm³/mol. The van der Waals surface area contributed by atoms with Gasteiger partial charge in [-0.05, 0) is 26.2 Å². The van der Waals surface area contributed by atoms with Gasteiger partial charge in [-0.3, -0.25) is 9.59 Å². The normalized spacial score (nSPS) is 24.4. The SMILES string of the molecule is C=C(C#N)C(OC(=O)C(C)(C)C)[C@@H]1[C@@H](C(=O)OC)C1(C)C. The van der Waals surface area contributed by atoms with Crippen molar-refractivity contribution >= 4 is 11.9 Å². The minimum Gasteiger partial charge on any atom is -0.469 e. The molecule has 1 rings (SSSR count). The Morgan fingerprint density at radius 1 is 1.33 bits per heavy atom. The summed E-state index contributed by atoms with van der Waals surface area (Å²) in [5, 5.41) is 9.09. The van der Waals surface area contributed by atoms with Gasteiger partial charge in [0.25, 0.3) is 0 Å². The Kier molecular flexibility index (Phi) is 4.52. The molecule has 0 heterocycles. The summed E-state index contributed by atoms with van der Waals surface area (Å²) in [4.78, 5) is 23.9. The Balaban J connectivity index is 3.02. The van der Waals surface area contributed by atoms with Crippen molar-refractivity contribution in [3.8, 4) is 6.07 Å². The first-order chi connectivity index (χ1) is 9.48. The maximum Gasteiger partial charge on any atom is 0.311 e. The van der Waals surface area contributed by atoms with E-state index in [4.69, 9.17) is 14.7 Å². The van der Waals surface area contributed by atoms with Crippen LogP contribution >= 0.6 is 0 Å². The summed E-state index contributed by atoms with van der Waals surface area (Å²) in [6, 6.07) is 1.93. The molecular weight excluding hydrogens is 270 g/mol. The Morgan fingerprint density at radius 3 is 2.24 bits per heavy atom. The van der Waals surface area contributed by atoms with E-state index >= 15 is 0 Å². The van der Waals surface area contributed by atoms with E-state index in [1.807, 2.05) is 19.9 Å². The van der Waals surface area contributed by atoms with Crippen molar-refractivity contribution in [1.82, 2.24) is 0 Å². The summed E-state index contributed by atoms with van der Waals surface area (Å²) >= 11 is 0. The number of methoxy groups -OCH3 is 1. The van der Waals surface area contributed by atoms with Crippen LogP contribution in [0.2, 0.25) is 0 Å². The van der Waals surface area contributed by atoms with Crippen molar-refractivity contribution in [3.05, 3.63) is 12.2 Å². The third kappa shape index (κ3) is 3.26. The van der Waals surface area contributed by atoms with E-state index in [1.165, 1.54) is 7.11 Å². The van der Waals surface area contributed by atoms with Gasteiger partial charge < -0.3 is 9.47 Å². The third-order valence-corrected chi connectivity index (χ3v) is 4.03. The lowest BCUT2D eigenvalue weighted by Crippen LogP contribution is -2.31. The van der Waals surface area contributed by atoms with E-state index in [1.54, 1.807) is 20.8 Å². The molecule has 0 aromatic rings. The number of rotatable bonds is 4. The van der Waals surface area contributed by atoms with Crippen LogP contribution in [-0.2, 0) is 19.1 Å². The quantitative estimate of drug-likeness (QED) is 0.588. The van der Waals surface area contributed by atoms with E-state index in [0.717, 1.165) is 0 Å². The zero-order valence-electron chi connectivity index (χ0n) is 13.5. The van der Waals surface area contributed by atoms with E-state index in [9.17, 15) is 9.59 Å². The Labute approximate surface area is 125 Å². The molecule has 21 heavy (non-hydrogen) atoms. The summed E-state index contributed by atoms with van der Waals surface area (Å²) in [6.07, 6.45) is -0.791. The topological polar surface area (TPSA) is 76.4 Å². The minimum absolute atomic E-state index is 0.150. The van der Waals surface area contributed by atoms with E-state index in [-0.39, 0.29) is 17.5 Å². The molecule has 0 spiro atoms.